The third-order valence-electron chi connectivity index (χ3n) is 2.97. The molecule has 1 saturated carbocycles. The summed E-state index contributed by atoms with van der Waals surface area (Å²) < 4.78 is 0. The minimum absolute atomic E-state index is 0.958. The molecule has 0 spiro atoms. The average molecular weight is 150 g/mol. The van der Waals surface area contributed by atoms with Crippen LogP contribution < -0.4 is 0 Å². The summed E-state index contributed by atoms with van der Waals surface area (Å²) in [7, 11) is 0. The van der Waals surface area contributed by atoms with Crippen LogP contribution in [0.1, 0.15) is 25.7 Å². The molecule has 1 heterocycles. The van der Waals surface area contributed by atoms with Crippen molar-refractivity contribution in [2.75, 3.05) is 13.1 Å². The van der Waals surface area contributed by atoms with Gasteiger partial charge in [0.1, 0.15) is 0 Å². The van der Waals surface area contributed by atoms with Crippen LogP contribution in [0.2, 0.25) is 0 Å². The Balaban J connectivity index is 1.80. The molecule has 0 aromatic heterocycles. The van der Waals surface area contributed by atoms with Crippen molar-refractivity contribution in [3.63, 3.8) is 0 Å². The first-order valence-electron chi connectivity index (χ1n) is 4.55. The molecule has 0 bridgehead atoms. The molecule has 2 rings (SSSR count). The van der Waals surface area contributed by atoms with Crippen molar-refractivity contribution >= 4 is 0 Å². The van der Waals surface area contributed by atoms with Crippen LogP contribution in [0.4, 0.5) is 0 Å². The quantitative estimate of drug-likeness (QED) is 0.531. The lowest BCUT2D eigenvalue weighted by Crippen LogP contribution is -2.30. The first kappa shape index (κ1) is 6.97. The van der Waals surface area contributed by atoms with E-state index in [9.17, 15) is 0 Å². The predicted molar refractivity (Wildman–Crippen MR) is 42.6 cm³/mol. The van der Waals surface area contributed by atoms with E-state index in [0.717, 1.165) is 24.9 Å². The van der Waals surface area contributed by atoms with Crippen molar-refractivity contribution in [1.29, 1.82) is 5.26 Å². The van der Waals surface area contributed by atoms with Crippen molar-refractivity contribution in [3.05, 3.63) is 0 Å². The molecule has 0 unspecified atom stereocenters. The maximum Gasteiger partial charge on any atom is 0.179 e. The highest BCUT2D eigenvalue weighted by Crippen LogP contribution is 2.41. The van der Waals surface area contributed by atoms with Gasteiger partial charge in [0.15, 0.2) is 6.19 Å². The molecule has 2 heteroatoms. The van der Waals surface area contributed by atoms with Crippen LogP contribution in [-0.4, -0.2) is 18.0 Å². The van der Waals surface area contributed by atoms with E-state index in [-0.39, 0.29) is 0 Å². The molecule has 0 radical (unpaired) electrons. The topological polar surface area (TPSA) is 27.0 Å². The van der Waals surface area contributed by atoms with E-state index in [4.69, 9.17) is 5.26 Å². The van der Waals surface area contributed by atoms with Crippen LogP contribution in [-0.2, 0) is 0 Å². The van der Waals surface area contributed by atoms with Gasteiger partial charge in [0.05, 0.1) is 0 Å². The van der Waals surface area contributed by atoms with Crippen molar-refractivity contribution in [1.82, 2.24) is 4.90 Å². The Hall–Kier alpha value is -0.710. The molecule has 1 aliphatic carbocycles. The molecule has 2 fully saturated rings. The zero-order valence-electron chi connectivity index (χ0n) is 6.79. The molecule has 60 valence electrons. The highest BCUT2D eigenvalue weighted by molar-refractivity contribution is 4.88. The smallest absolute Gasteiger partial charge is 0.179 e. The maximum atomic E-state index is 8.61. The zero-order valence-corrected chi connectivity index (χ0v) is 6.79. The number of likely N-dealkylation sites (tertiary alicyclic amines) is 1. The molecule has 0 atom stereocenters. The van der Waals surface area contributed by atoms with Crippen molar-refractivity contribution in [2.45, 2.75) is 25.7 Å². The van der Waals surface area contributed by atoms with Gasteiger partial charge in [-0.1, -0.05) is 0 Å². The molecule has 1 saturated heterocycles. The van der Waals surface area contributed by atoms with Crippen LogP contribution >= 0.6 is 0 Å². The summed E-state index contributed by atoms with van der Waals surface area (Å²) in [5, 5.41) is 8.61. The molecular weight excluding hydrogens is 136 g/mol. The fourth-order valence-electron chi connectivity index (χ4n) is 2.04. The van der Waals surface area contributed by atoms with Gasteiger partial charge in [-0.3, -0.25) is 0 Å². The van der Waals surface area contributed by atoms with Crippen molar-refractivity contribution < 1.29 is 0 Å². The molecule has 11 heavy (non-hydrogen) atoms. The van der Waals surface area contributed by atoms with Crippen LogP contribution in [0, 0.1) is 23.3 Å². The third kappa shape index (κ3) is 1.48. The maximum absolute atomic E-state index is 8.61. The van der Waals surface area contributed by atoms with Crippen molar-refractivity contribution in [2.24, 2.45) is 11.8 Å². The van der Waals surface area contributed by atoms with Crippen LogP contribution in [0.5, 0.6) is 0 Å². The van der Waals surface area contributed by atoms with Gasteiger partial charge in [0, 0.05) is 13.1 Å². The van der Waals surface area contributed by atoms with Gasteiger partial charge in [0.2, 0.25) is 0 Å². The molecule has 1 aliphatic heterocycles. The monoisotopic (exact) mass is 150 g/mol. The second-order valence-corrected chi connectivity index (χ2v) is 3.76. The van der Waals surface area contributed by atoms with Crippen molar-refractivity contribution in [3.8, 4) is 6.19 Å². The minimum Gasteiger partial charge on any atom is -0.311 e. The van der Waals surface area contributed by atoms with E-state index in [1.54, 1.807) is 0 Å². The number of nitriles is 1. The molecule has 0 amide bonds. The van der Waals surface area contributed by atoms with Gasteiger partial charge in [-0.05, 0) is 37.5 Å². The predicted octanol–water partition coefficient (Wildman–Crippen LogP) is 1.59. The number of piperidine rings is 1. The molecule has 2 aliphatic rings. The Morgan fingerprint density at radius 2 is 1.55 bits per heavy atom. The minimum atomic E-state index is 0.958. The summed E-state index contributed by atoms with van der Waals surface area (Å²) >= 11 is 0. The Morgan fingerprint density at radius 3 is 2.00 bits per heavy atom. The molecule has 0 N–H and O–H groups in total. The van der Waals surface area contributed by atoms with Gasteiger partial charge in [-0.15, -0.1) is 0 Å². The van der Waals surface area contributed by atoms with E-state index in [1.807, 2.05) is 4.90 Å². The fourth-order valence-corrected chi connectivity index (χ4v) is 2.04. The van der Waals surface area contributed by atoms with Crippen LogP contribution in [0.3, 0.4) is 0 Å². The van der Waals surface area contributed by atoms with E-state index in [2.05, 4.69) is 6.19 Å². The zero-order chi connectivity index (χ0) is 7.68. The number of hydrogen-bond acceptors (Lipinski definition) is 2. The Morgan fingerprint density at radius 1 is 1.00 bits per heavy atom. The molecule has 0 aromatic rings. The second-order valence-electron chi connectivity index (χ2n) is 3.76. The van der Waals surface area contributed by atoms with E-state index in [0.29, 0.717) is 0 Å². The summed E-state index contributed by atoms with van der Waals surface area (Å²) in [6.07, 6.45) is 7.65. The summed E-state index contributed by atoms with van der Waals surface area (Å²) in [6, 6.07) is 0. The molecule has 2 nitrogen and oxygen atoms in total. The fraction of sp³-hybridized carbons (Fsp3) is 0.889. The lowest BCUT2D eigenvalue weighted by atomic mass is 9.92. The highest BCUT2D eigenvalue weighted by Gasteiger charge is 2.32. The van der Waals surface area contributed by atoms with Gasteiger partial charge < -0.3 is 4.90 Å². The SMILES string of the molecule is N#CN1CCC(C2CC2)CC1. The number of hydrogen-bond donors (Lipinski definition) is 0. The number of rotatable bonds is 1. The van der Waals surface area contributed by atoms with Gasteiger partial charge in [-0.25, -0.2) is 0 Å². The molecule has 0 aromatic carbocycles. The van der Waals surface area contributed by atoms with Crippen LogP contribution in [0.15, 0.2) is 0 Å². The Kier molecular flexibility index (Phi) is 1.73. The second kappa shape index (κ2) is 2.73. The number of nitrogens with zero attached hydrogens (tertiary/aromatic N) is 2. The standard InChI is InChI=1S/C9H14N2/c10-7-11-5-3-9(4-6-11)8-1-2-8/h8-9H,1-6H2. The first-order valence-corrected chi connectivity index (χ1v) is 4.55. The first-order chi connectivity index (χ1) is 5.40. The van der Waals surface area contributed by atoms with E-state index < -0.39 is 0 Å². The summed E-state index contributed by atoms with van der Waals surface area (Å²) in [5.41, 5.74) is 0. The van der Waals surface area contributed by atoms with Gasteiger partial charge >= 0.3 is 0 Å². The van der Waals surface area contributed by atoms with E-state index in [1.165, 1.54) is 25.7 Å². The average Bonchev–Trinajstić information content (AvgIpc) is 2.87. The summed E-state index contributed by atoms with van der Waals surface area (Å²) in [5.74, 6) is 2.00. The lowest BCUT2D eigenvalue weighted by Gasteiger charge is -2.27. The molecular formula is C9H14N2. The van der Waals surface area contributed by atoms with Gasteiger partial charge in [-0.2, -0.15) is 5.26 Å². The summed E-state index contributed by atoms with van der Waals surface area (Å²) in [6.45, 7) is 2.02. The third-order valence-corrected chi connectivity index (χ3v) is 2.97. The Bertz CT molecular complexity index is 170. The van der Waals surface area contributed by atoms with Crippen LogP contribution in [0.25, 0.3) is 0 Å². The highest BCUT2D eigenvalue weighted by atomic mass is 15.1. The largest absolute Gasteiger partial charge is 0.311 e. The lowest BCUT2D eigenvalue weighted by molar-refractivity contribution is 0.233. The summed E-state index contributed by atoms with van der Waals surface area (Å²) in [4.78, 5) is 1.89. The Labute approximate surface area is 67.8 Å². The van der Waals surface area contributed by atoms with E-state index >= 15 is 0 Å². The van der Waals surface area contributed by atoms with Gasteiger partial charge in [0.25, 0.3) is 0 Å². The normalized spacial score (nSPS) is 26.6.